The number of alkyl halides is 1. The van der Waals surface area contributed by atoms with Crippen LogP contribution in [0.3, 0.4) is 0 Å². The highest BCUT2D eigenvalue weighted by atomic mass is 79.9. The topological polar surface area (TPSA) is 27.1 Å². The minimum Gasteiger partial charge on any atom is -0.487 e. The molecule has 0 amide bonds. The average molecular weight is 388 g/mol. The molecule has 0 bridgehead atoms. The van der Waals surface area contributed by atoms with Gasteiger partial charge in [0.2, 0.25) is 0 Å². The van der Waals surface area contributed by atoms with Gasteiger partial charge in [-0.2, -0.15) is 5.10 Å². The van der Waals surface area contributed by atoms with E-state index in [1.807, 2.05) is 23.9 Å². The number of halogens is 2. The Morgan fingerprint density at radius 2 is 1.95 bits per heavy atom. The Kier molecular flexibility index (Phi) is 5.05. The highest BCUT2D eigenvalue weighted by Gasteiger charge is 2.12. The quantitative estimate of drug-likeness (QED) is 0.718. The molecule has 0 saturated heterocycles. The molecular weight excluding hydrogens is 372 g/mol. The van der Waals surface area contributed by atoms with Crippen molar-refractivity contribution in [3.8, 4) is 5.75 Å². The predicted molar refractivity (Wildman–Crippen MR) is 83.7 cm³/mol. The minimum atomic E-state index is 0.512. The van der Waals surface area contributed by atoms with Gasteiger partial charge in [-0.25, -0.2) is 0 Å². The van der Waals surface area contributed by atoms with Crippen molar-refractivity contribution < 1.29 is 4.74 Å². The summed E-state index contributed by atoms with van der Waals surface area (Å²) in [6.45, 7) is 2.61. The molecule has 0 N–H and O–H groups in total. The van der Waals surface area contributed by atoms with Crippen LogP contribution < -0.4 is 4.74 Å². The van der Waals surface area contributed by atoms with E-state index in [1.54, 1.807) is 0 Å². The molecule has 2 aromatic rings. The molecule has 0 saturated carbocycles. The van der Waals surface area contributed by atoms with E-state index in [4.69, 9.17) is 4.74 Å². The molecule has 1 heterocycles. The summed E-state index contributed by atoms with van der Waals surface area (Å²) in [5.41, 5.74) is 3.36. The van der Waals surface area contributed by atoms with E-state index in [1.165, 1.54) is 5.56 Å². The van der Waals surface area contributed by atoms with Crippen molar-refractivity contribution in [3.63, 3.8) is 0 Å². The van der Waals surface area contributed by atoms with Crippen molar-refractivity contribution in [1.82, 2.24) is 9.78 Å². The van der Waals surface area contributed by atoms with Crippen LogP contribution in [0.4, 0.5) is 0 Å². The molecule has 0 atom stereocenters. The second-order valence-electron chi connectivity index (χ2n) is 4.25. The van der Waals surface area contributed by atoms with Crippen molar-refractivity contribution in [2.45, 2.75) is 25.3 Å². The van der Waals surface area contributed by atoms with Gasteiger partial charge in [0.25, 0.3) is 0 Å². The maximum absolute atomic E-state index is 5.80. The number of rotatable bonds is 5. The molecule has 1 aromatic heterocycles. The van der Waals surface area contributed by atoms with Crippen LogP contribution in [0, 0.1) is 0 Å². The molecule has 0 aliphatic carbocycles. The highest BCUT2D eigenvalue weighted by molar-refractivity contribution is 9.10. The third-order valence-corrected chi connectivity index (χ3v) is 4.52. The monoisotopic (exact) mass is 386 g/mol. The van der Waals surface area contributed by atoms with Gasteiger partial charge >= 0.3 is 0 Å². The molecule has 0 aliphatic rings. The van der Waals surface area contributed by atoms with Crippen molar-refractivity contribution in [2.24, 2.45) is 7.05 Å². The number of aryl methyl sites for hydroxylation is 2. The maximum atomic E-state index is 5.80. The summed E-state index contributed by atoms with van der Waals surface area (Å²) in [6.07, 6.45) is 0.911. The SMILES string of the molecule is CCc1nn(C)c(COc2ccc(CBr)cc2)c1Br. The Hall–Kier alpha value is -0.810. The van der Waals surface area contributed by atoms with Crippen molar-refractivity contribution in [1.29, 1.82) is 0 Å². The normalized spacial score (nSPS) is 10.7. The van der Waals surface area contributed by atoms with Gasteiger partial charge < -0.3 is 4.74 Å². The standard InChI is InChI=1S/C14H16Br2N2O/c1-3-12-14(16)13(18(2)17-12)9-19-11-6-4-10(8-15)5-7-11/h4-7H,3,8-9H2,1-2H3. The van der Waals surface area contributed by atoms with E-state index in [2.05, 4.69) is 56.0 Å². The van der Waals surface area contributed by atoms with Crippen molar-refractivity contribution in [2.75, 3.05) is 0 Å². The Bertz CT molecular complexity index is 549. The van der Waals surface area contributed by atoms with Crippen LogP contribution in [0.15, 0.2) is 28.7 Å². The minimum absolute atomic E-state index is 0.512. The van der Waals surface area contributed by atoms with E-state index in [-0.39, 0.29) is 0 Å². The molecule has 0 radical (unpaired) electrons. The zero-order valence-corrected chi connectivity index (χ0v) is 14.2. The lowest BCUT2D eigenvalue weighted by atomic mass is 10.2. The molecule has 0 spiro atoms. The molecule has 102 valence electrons. The van der Waals surface area contributed by atoms with Crippen LogP contribution in [-0.4, -0.2) is 9.78 Å². The highest BCUT2D eigenvalue weighted by Crippen LogP contribution is 2.23. The average Bonchev–Trinajstić information content (AvgIpc) is 2.72. The molecule has 0 fully saturated rings. The predicted octanol–water partition coefficient (Wildman–Crippen LogP) is 4.22. The largest absolute Gasteiger partial charge is 0.487 e. The first-order valence-electron chi connectivity index (χ1n) is 6.13. The summed E-state index contributed by atoms with van der Waals surface area (Å²) < 4.78 is 8.73. The lowest BCUT2D eigenvalue weighted by Gasteiger charge is -2.07. The van der Waals surface area contributed by atoms with Crippen LogP contribution in [-0.2, 0) is 25.4 Å². The van der Waals surface area contributed by atoms with Gasteiger partial charge in [-0.3, -0.25) is 4.68 Å². The van der Waals surface area contributed by atoms with Crippen LogP contribution in [0.25, 0.3) is 0 Å². The van der Waals surface area contributed by atoms with Gasteiger partial charge in [0.15, 0.2) is 0 Å². The molecule has 19 heavy (non-hydrogen) atoms. The Balaban J connectivity index is 2.07. The molecule has 0 aliphatic heterocycles. The van der Waals surface area contributed by atoms with Crippen LogP contribution in [0.1, 0.15) is 23.9 Å². The van der Waals surface area contributed by atoms with Gasteiger partial charge in [0.1, 0.15) is 12.4 Å². The zero-order chi connectivity index (χ0) is 13.8. The lowest BCUT2D eigenvalue weighted by molar-refractivity contribution is 0.294. The van der Waals surface area contributed by atoms with E-state index in [9.17, 15) is 0 Å². The van der Waals surface area contributed by atoms with Crippen molar-refractivity contribution >= 4 is 31.9 Å². The Labute approximate surface area is 130 Å². The van der Waals surface area contributed by atoms with Gasteiger partial charge in [-0.15, -0.1) is 0 Å². The smallest absolute Gasteiger partial charge is 0.131 e. The fourth-order valence-corrected chi connectivity index (χ4v) is 2.91. The summed E-state index contributed by atoms with van der Waals surface area (Å²) in [6, 6.07) is 8.09. The second kappa shape index (κ2) is 6.57. The van der Waals surface area contributed by atoms with Crippen LogP contribution >= 0.6 is 31.9 Å². The first kappa shape index (κ1) is 14.6. The number of ether oxygens (including phenoxy) is 1. The van der Waals surface area contributed by atoms with E-state index < -0.39 is 0 Å². The van der Waals surface area contributed by atoms with Crippen LogP contribution in [0.2, 0.25) is 0 Å². The number of benzene rings is 1. The molecule has 1 aromatic carbocycles. The number of nitrogens with zero attached hydrogens (tertiary/aromatic N) is 2. The third-order valence-electron chi connectivity index (χ3n) is 2.96. The second-order valence-corrected chi connectivity index (χ2v) is 5.60. The van der Waals surface area contributed by atoms with Gasteiger partial charge in [-0.05, 0) is 40.0 Å². The molecule has 3 nitrogen and oxygen atoms in total. The summed E-state index contributed by atoms with van der Waals surface area (Å²) in [5.74, 6) is 0.871. The van der Waals surface area contributed by atoms with E-state index in [0.29, 0.717) is 6.61 Å². The number of hydrogen-bond acceptors (Lipinski definition) is 2. The van der Waals surface area contributed by atoms with E-state index in [0.717, 1.165) is 33.4 Å². The Morgan fingerprint density at radius 3 is 2.47 bits per heavy atom. The zero-order valence-electron chi connectivity index (χ0n) is 11.0. The van der Waals surface area contributed by atoms with Crippen molar-refractivity contribution in [3.05, 3.63) is 45.7 Å². The summed E-state index contributed by atoms with van der Waals surface area (Å²) in [4.78, 5) is 0. The van der Waals surface area contributed by atoms with Crippen LogP contribution in [0.5, 0.6) is 5.75 Å². The van der Waals surface area contributed by atoms with Gasteiger partial charge in [-0.1, -0.05) is 35.0 Å². The van der Waals surface area contributed by atoms with Gasteiger partial charge in [0.05, 0.1) is 15.9 Å². The summed E-state index contributed by atoms with van der Waals surface area (Å²) in [5, 5.41) is 5.31. The molecule has 5 heteroatoms. The molecule has 2 rings (SSSR count). The first-order chi connectivity index (χ1) is 9.15. The molecule has 0 unspecified atom stereocenters. The molecular formula is C14H16Br2N2O. The summed E-state index contributed by atoms with van der Waals surface area (Å²) >= 11 is 7.02. The Morgan fingerprint density at radius 1 is 1.26 bits per heavy atom. The van der Waals surface area contributed by atoms with E-state index >= 15 is 0 Å². The third kappa shape index (κ3) is 3.39. The fourth-order valence-electron chi connectivity index (χ4n) is 1.80. The van der Waals surface area contributed by atoms with Gasteiger partial charge in [0, 0.05) is 12.4 Å². The maximum Gasteiger partial charge on any atom is 0.131 e. The number of hydrogen-bond donors (Lipinski definition) is 0. The first-order valence-corrected chi connectivity index (χ1v) is 8.05. The lowest BCUT2D eigenvalue weighted by Crippen LogP contribution is -2.03. The number of aromatic nitrogens is 2. The fraction of sp³-hybridized carbons (Fsp3) is 0.357. The summed E-state index contributed by atoms with van der Waals surface area (Å²) in [7, 11) is 1.94.